The number of rotatable bonds is 6. The Morgan fingerprint density at radius 3 is 2.65 bits per heavy atom. The van der Waals surface area contributed by atoms with Crippen molar-refractivity contribution in [3.8, 4) is 17.0 Å². The number of aromatic nitrogens is 3. The fourth-order valence-corrected chi connectivity index (χ4v) is 2.78. The molecular weight excluding hydrogens is 330 g/mol. The van der Waals surface area contributed by atoms with Crippen molar-refractivity contribution in [3.05, 3.63) is 41.6 Å². The normalized spacial score (nSPS) is 11.2. The van der Waals surface area contributed by atoms with Crippen LogP contribution in [0.4, 0.5) is 0 Å². The van der Waals surface area contributed by atoms with Gasteiger partial charge in [0, 0.05) is 24.7 Å². The highest BCUT2D eigenvalue weighted by Gasteiger charge is 2.17. The summed E-state index contributed by atoms with van der Waals surface area (Å²) in [5.74, 6) is 0.0234. The highest BCUT2D eigenvalue weighted by atomic mass is 16.3. The summed E-state index contributed by atoms with van der Waals surface area (Å²) in [5, 5.41) is 23.5. The molecule has 7 nitrogen and oxygen atoms in total. The third kappa shape index (κ3) is 3.83. The average molecular weight is 353 g/mol. The molecule has 4 N–H and O–H groups in total. The summed E-state index contributed by atoms with van der Waals surface area (Å²) in [6.45, 7) is 7.21. The molecule has 0 saturated heterocycles. The van der Waals surface area contributed by atoms with Gasteiger partial charge < -0.3 is 15.7 Å². The van der Waals surface area contributed by atoms with Gasteiger partial charge in [0.1, 0.15) is 5.75 Å². The zero-order chi connectivity index (χ0) is 18.7. The molecule has 0 aliphatic carbocycles. The number of aromatic hydroxyl groups is 1. The highest BCUT2D eigenvalue weighted by Crippen LogP contribution is 2.26. The Labute approximate surface area is 151 Å². The summed E-state index contributed by atoms with van der Waals surface area (Å²) >= 11 is 0. The maximum absolute atomic E-state index is 12.7. The number of benzene rings is 1. The highest BCUT2D eigenvalue weighted by molar-refractivity contribution is 6.07. The van der Waals surface area contributed by atoms with Gasteiger partial charge in [0.15, 0.2) is 5.65 Å². The third-order valence-electron chi connectivity index (χ3n) is 4.08. The van der Waals surface area contributed by atoms with Crippen molar-refractivity contribution in [1.29, 1.82) is 0 Å². The van der Waals surface area contributed by atoms with E-state index in [0.717, 1.165) is 16.6 Å². The molecule has 0 unspecified atom stereocenters. The van der Waals surface area contributed by atoms with Crippen LogP contribution in [0.2, 0.25) is 0 Å². The molecule has 0 aliphatic rings. The first-order chi connectivity index (χ1) is 12.5. The number of amides is 1. The lowest BCUT2D eigenvalue weighted by atomic mass is 10.0. The number of carbonyl (C=O) groups is 1. The predicted octanol–water partition coefficient (Wildman–Crippen LogP) is 2.37. The number of hydrogen-bond acceptors (Lipinski definition) is 5. The largest absolute Gasteiger partial charge is 0.508 e. The Bertz CT molecular complexity index is 916. The molecule has 3 aromatic rings. The predicted molar refractivity (Wildman–Crippen MR) is 101 cm³/mol. The van der Waals surface area contributed by atoms with Crippen LogP contribution in [0, 0.1) is 6.92 Å². The average Bonchev–Trinajstić information content (AvgIpc) is 2.99. The van der Waals surface area contributed by atoms with Gasteiger partial charge in [-0.1, -0.05) is 13.8 Å². The fourth-order valence-electron chi connectivity index (χ4n) is 2.78. The number of nitrogens with one attached hydrogen (secondary N) is 3. The molecule has 2 heterocycles. The molecule has 0 atom stereocenters. The van der Waals surface area contributed by atoms with Gasteiger partial charge in [-0.05, 0) is 37.3 Å². The number of aromatic amines is 1. The van der Waals surface area contributed by atoms with Crippen LogP contribution in [0.25, 0.3) is 22.3 Å². The second kappa shape index (κ2) is 7.53. The zero-order valence-electron chi connectivity index (χ0n) is 15.1. The van der Waals surface area contributed by atoms with Gasteiger partial charge in [0.05, 0.1) is 22.3 Å². The number of hydrogen-bond donors (Lipinski definition) is 4. The molecule has 0 saturated carbocycles. The molecule has 2 aromatic heterocycles. The van der Waals surface area contributed by atoms with Crippen LogP contribution in [-0.4, -0.2) is 45.3 Å². The summed E-state index contributed by atoms with van der Waals surface area (Å²) in [4.78, 5) is 17.3. The van der Waals surface area contributed by atoms with Crippen molar-refractivity contribution >= 4 is 16.9 Å². The van der Waals surface area contributed by atoms with Crippen LogP contribution in [0.3, 0.4) is 0 Å². The number of carbonyl (C=O) groups excluding carboxylic acids is 1. The molecule has 1 aromatic carbocycles. The molecular formula is C19H23N5O2. The van der Waals surface area contributed by atoms with E-state index in [1.807, 2.05) is 6.92 Å². The number of H-pyrrole nitrogens is 1. The number of phenols is 1. The van der Waals surface area contributed by atoms with Crippen LogP contribution < -0.4 is 10.6 Å². The van der Waals surface area contributed by atoms with Gasteiger partial charge >= 0.3 is 0 Å². The van der Waals surface area contributed by atoms with E-state index in [4.69, 9.17) is 0 Å². The topological polar surface area (TPSA) is 103 Å². The van der Waals surface area contributed by atoms with Crippen molar-refractivity contribution in [3.63, 3.8) is 0 Å². The quantitative estimate of drug-likeness (QED) is 0.510. The van der Waals surface area contributed by atoms with Crippen molar-refractivity contribution in [2.75, 3.05) is 13.1 Å². The van der Waals surface area contributed by atoms with E-state index in [-0.39, 0.29) is 11.7 Å². The molecule has 0 fully saturated rings. The first kappa shape index (κ1) is 17.9. The fraction of sp³-hybridized carbons (Fsp3) is 0.316. The van der Waals surface area contributed by atoms with E-state index in [1.165, 1.54) is 0 Å². The van der Waals surface area contributed by atoms with E-state index in [9.17, 15) is 9.90 Å². The van der Waals surface area contributed by atoms with E-state index in [0.29, 0.717) is 36.0 Å². The molecule has 0 bridgehead atoms. The van der Waals surface area contributed by atoms with Crippen LogP contribution in [0.5, 0.6) is 5.75 Å². The Morgan fingerprint density at radius 2 is 1.96 bits per heavy atom. The lowest BCUT2D eigenvalue weighted by Crippen LogP contribution is -2.34. The van der Waals surface area contributed by atoms with Crippen molar-refractivity contribution < 1.29 is 9.90 Å². The minimum Gasteiger partial charge on any atom is -0.508 e. The van der Waals surface area contributed by atoms with Crippen LogP contribution in [0.15, 0.2) is 30.3 Å². The summed E-state index contributed by atoms with van der Waals surface area (Å²) < 4.78 is 0. The van der Waals surface area contributed by atoms with Crippen LogP contribution in [-0.2, 0) is 0 Å². The second-order valence-electron chi connectivity index (χ2n) is 6.50. The summed E-state index contributed by atoms with van der Waals surface area (Å²) in [5.41, 5.74) is 3.29. The molecule has 1 amide bonds. The molecule has 0 aliphatic heterocycles. The Kier molecular flexibility index (Phi) is 5.18. The molecule has 3 rings (SSSR count). The van der Waals surface area contributed by atoms with Crippen molar-refractivity contribution in [1.82, 2.24) is 25.8 Å². The number of nitrogens with zero attached hydrogens (tertiary/aromatic N) is 2. The van der Waals surface area contributed by atoms with Gasteiger partial charge in [-0.3, -0.25) is 9.89 Å². The standard InChI is InChI=1S/C19H23N5O2/c1-11(2)20-8-9-21-19(26)15-10-16(13-4-6-14(25)7-5-13)22-18-17(15)12(3)23-24-18/h4-7,10-11,20,25H,8-9H2,1-3H3,(H,21,26)(H,22,23,24). The third-order valence-corrected chi connectivity index (χ3v) is 4.08. The molecule has 0 radical (unpaired) electrons. The first-order valence-electron chi connectivity index (χ1n) is 8.62. The first-order valence-corrected chi connectivity index (χ1v) is 8.62. The molecule has 7 heteroatoms. The van der Waals surface area contributed by atoms with Gasteiger partial charge in [0.2, 0.25) is 0 Å². The molecule has 0 spiro atoms. The van der Waals surface area contributed by atoms with Crippen molar-refractivity contribution in [2.24, 2.45) is 0 Å². The number of phenolic OH excluding ortho intramolecular Hbond substituents is 1. The summed E-state index contributed by atoms with van der Waals surface area (Å²) in [6, 6.07) is 8.86. The minimum atomic E-state index is -0.160. The Hall–Kier alpha value is -2.93. The second-order valence-corrected chi connectivity index (χ2v) is 6.50. The molecule has 26 heavy (non-hydrogen) atoms. The van der Waals surface area contributed by atoms with Gasteiger partial charge in [-0.15, -0.1) is 0 Å². The number of aryl methyl sites for hydroxylation is 1. The lowest BCUT2D eigenvalue weighted by molar-refractivity contribution is 0.0955. The van der Waals surface area contributed by atoms with Gasteiger partial charge in [-0.2, -0.15) is 5.10 Å². The smallest absolute Gasteiger partial charge is 0.252 e. The van der Waals surface area contributed by atoms with Gasteiger partial charge in [-0.25, -0.2) is 4.98 Å². The number of fused-ring (bicyclic) bond motifs is 1. The molecule has 136 valence electrons. The minimum absolute atomic E-state index is 0.160. The zero-order valence-corrected chi connectivity index (χ0v) is 15.1. The van der Waals surface area contributed by atoms with E-state index >= 15 is 0 Å². The summed E-state index contributed by atoms with van der Waals surface area (Å²) in [6.07, 6.45) is 0. The van der Waals surface area contributed by atoms with E-state index in [2.05, 4.69) is 39.7 Å². The SMILES string of the molecule is Cc1n[nH]c2nc(-c3ccc(O)cc3)cc(C(=O)NCCNC(C)C)c12. The van der Waals surface area contributed by atoms with E-state index in [1.54, 1.807) is 30.3 Å². The Balaban J connectivity index is 1.93. The lowest BCUT2D eigenvalue weighted by Gasteiger charge is -2.11. The monoisotopic (exact) mass is 353 g/mol. The summed E-state index contributed by atoms with van der Waals surface area (Å²) in [7, 11) is 0. The van der Waals surface area contributed by atoms with Gasteiger partial charge in [0.25, 0.3) is 5.91 Å². The van der Waals surface area contributed by atoms with Crippen LogP contribution >= 0.6 is 0 Å². The number of pyridine rings is 1. The van der Waals surface area contributed by atoms with Crippen molar-refractivity contribution in [2.45, 2.75) is 26.8 Å². The van der Waals surface area contributed by atoms with Crippen LogP contribution in [0.1, 0.15) is 29.9 Å². The van der Waals surface area contributed by atoms with E-state index < -0.39 is 0 Å². The maximum Gasteiger partial charge on any atom is 0.252 e. The maximum atomic E-state index is 12.7. The Morgan fingerprint density at radius 1 is 1.23 bits per heavy atom.